The van der Waals surface area contributed by atoms with E-state index in [2.05, 4.69) is 43.5 Å². The largest absolute Gasteiger partial charge is 0.492 e. The lowest BCUT2D eigenvalue weighted by molar-refractivity contribution is 0.296. The van der Waals surface area contributed by atoms with Gasteiger partial charge in [0, 0.05) is 6.04 Å². The molecule has 5 heteroatoms. The van der Waals surface area contributed by atoms with E-state index in [9.17, 15) is 0 Å². The zero-order valence-corrected chi connectivity index (χ0v) is 16.0. The summed E-state index contributed by atoms with van der Waals surface area (Å²) in [5.41, 5.74) is 3.89. The Labute approximate surface area is 153 Å². The van der Waals surface area contributed by atoms with Crippen molar-refractivity contribution in [2.75, 3.05) is 6.61 Å². The molecule has 24 heavy (non-hydrogen) atoms. The molecule has 0 saturated heterocycles. The fourth-order valence-electron chi connectivity index (χ4n) is 2.96. The molecular weight excluding hydrogens is 366 g/mol. The van der Waals surface area contributed by atoms with E-state index in [1.807, 2.05) is 34.9 Å². The van der Waals surface area contributed by atoms with Crippen LogP contribution in [-0.2, 0) is 6.54 Å². The monoisotopic (exact) mass is 389 g/mol. The van der Waals surface area contributed by atoms with Crippen LogP contribution < -0.4 is 10.4 Å². The van der Waals surface area contributed by atoms with Crippen molar-refractivity contribution in [2.24, 2.45) is 0 Å². The predicted molar refractivity (Wildman–Crippen MR) is 103 cm³/mol. The lowest BCUT2D eigenvalue weighted by Crippen LogP contribution is -2.27. The number of hydrogen-bond donors (Lipinski definition) is 1. The normalized spacial score (nSPS) is 10.8. The number of nitrogens with one attached hydrogen (secondary N) is 1. The van der Waals surface area contributed by atoms with E-state index in [1.54, 1.807) is 0 Å². The van der Waals surface area contributed by atoms with Gasteiger partial charge in [0.15, 0.2) is 0 Å². The second-order valence-electron chi connectivity index (χ2n) is 6.09. The van der Waals surface area contributed by atoms with Gasteiger partial charge in [-0.05, 0) is 50.6 Å². The molecule has 0 bridgehead atoms. The summed E-state index contributed by atoms with van der Waals surface area (Å²) in [5.74, 6) is 0.879. The number of aromatic nitrogens is 2. The first kappa shape index (κ1) is 18.3. The topological polar surface area (TPSA) is 42.9 Å². The van der Waals surface area contributed by atoms with Gasteiger partial charge in [-0.3, -0.25) is 5.41 Å². The Morgan fingerprint density at radius 3 is 2.42 bits per heavy atom. The van der Waals surface area contributed by atoms with Gasteiger partial charge < -0.3 is 13.9 Å². The molecule has 4 nitrogen and oxygen atoms in total. The number of nitrogens with zero attached hydrogens (tertiary/aromatic N) is 2. The van der Waals surface area contributed by atoms with E-state index in [1.165, 1.54) is 5.56 Å². The summed E-state index contributed by atoms with van der Waals surface area (Å²) in [6.07, 6.45) is 0. The van der Waals surface area contributed by atoms with Crippen molar-refractivity contribution in [3.8, 4) is 5.75 Å². The minimum absolute atomic E-state index is 0. The minimum atomic E-state index is 0. The van der Waals surface area contributed by atoms with Crippen LogP contribution in [0.15, 0.2) is 48.5 Å². The first-order chi connectivity index (χ1) is 11.1. The van der Waals surface area contributed by atoms with E-state index < -0.39 is 0 Å². The molecule has 128 valence electrons. The summed E-state index contributed by atoms with van der Waals surface area (Å²) >= 11 is 0. The van der Waals surface area contributed by atoms with Crippen LogP contribution in [0.25, 0.3) is 11.0 Å². The van der Waals surface area contributed by atoms with Gasteiger partial charge in [-0.15, -0.1) is 17.0 Å². The highest BCUT2D eigenvalue weighted by atomic mass is 79.9. The van der Waals surface area contributed by atoms with Crippen LogP contribution in [0.4, 0.5) is 0 Å². The van der Waals surface area contributed by atoms with Crippen molar-refractivity contribution in [2.45, 2.75) is 33.4 Å². The quantitative estimate of drug-likeness (QED) is 0.687. The molecule has 1 N–H and O–H groups in total. The summed E-state index contributed by atoms with van der Waals surface area (Å²) < 4.78 is 9.93. The molecule has 2 aromatic carbocycles. The average Bonchev–Trinajstić information content (AvgIpc) is 2.80. The summed E-state index contributed by atoms with van der Waals surface area (Å²) in [5, 5.41) is 8.49. The van der Waals surface area contributed by atoms with Gasteiger partial charge in [-0.1, -0.05) is 24.3 Å². The minimum Gasteiger partial charge on any atom is -0.492 e. The fraction of sp³-hybridized carbons (Fsp3) is 0.316. The van der Waals surface area contributed by atoms with Crippen LogP contribution >= 0.6 is 17.0 Å². The molecule has 3 aromatic rings. The standard InChI is InChI=1S/C19H23N3O.BrH/c1-14(2)22-18-10-5-4-9-17(18)21(19(22)20)11-12-23-16-8-6-7-15(3)13-16;/h4-10,13-14,20H,11-12H2,1-3H3;1H. The maximum Gasteiger partial charge on any atom is 0.203 e. The maximum atomic E-state index is 8.49. The fourth-order valence-corrected chi connectivity index (χ4v) is 2.96. The Hall–Kier alpha value is -2.01. The Morgan fingerprint density at radius 2 is 1.75 bits per heavy atom. The van der Waals surface area contributed by atoms with Gasteiger partial charge >= 0.3 is 0 Å². The molecule has 1 heterocycles. The van der Waals surface area contributed by atoms with Gasteiger partial charge in [-0.25, -0.2) is 0 Å². The van der Waals surface area contributed by atoms with Crippen LogP contribution in [0.5, 0.6) is 5.75 Å². The number of imidazole rings is 1. The third-order valence-corrected chi connectivity index (χ3v) is 4.01. The molecule has 0 unspecified atom stereocenters. The summed E-state index contributed by atoms with van der Waals surface area (Å²) in [6, 6.07) is 16.5. The van der Waals surface area contributed by atoms with E-state index in [4.69, 9.17) is 10.1 Å². The van der Waals surface area contributed by atoms with Crippen molar-refractivity contribution in [3.05, 3.63) is 59.7 Å². The number of hydrogen-bond acceptors (Lipinski definition) is 2. The molecule has 0 aliphatic carbocycles. The highest BCUT2D eigenvalue weighted by molar-refractivity contribution is 8.93. The molecule has 1 aromatic heterocycles. The van der Waals surface area contributed by atoms with Crippen LogP contribution in [0.1, 0.15) is 25.5 Å². The predicted octanol–water partition coefficient (Wildman–Crippen LogP) is 4.47. The van der Waals surface area contributed by atoms with Crippen molar-refractivity contribution < 1.29 is 4.74 Å². The van der Waals surface area contributed by atoms with E-state index in [-0.39, 0.29) is 23.0 Å². The molecular formula is C19H24BrN3O. The maximum absolute atomic E-state index is 8.49. The average molecular weight is 390 g/mol. The van der Waals surface area contributed by atoms with Crippen molar-refractivity contribution in [1.82, 2.24) is 9.13 Å². The Morgan fingerprint density at radius 1 is 1.04 bits per heavy atom. The van der Waals surface area contributed by atoms with Gasteiger partial charge in [-0.2, -0.15) is 0 Å². The third kappa shape index (κ3) is 3.56. The van der Waals surface area contributed by atoms with Gasteiger partial charge in [0.1, 0.15) is 12.4 Å². The molecule has 0 aliphatic rings. The van der Waals surface area contributed by atoms with E-state index in [0.29, 0.717) is 18.8 Å². The molecule has 0 radical (unpaired) electrons. The highest BCUT2D eigenvalue weighted by Crippen LogP contribution is 2.17. The van der Waals surface area contributed by atoms with Gasteiger partial charge in [0.25, 0.3) is 0 Å². The Bertz CT molecular complexity index is 880. The Balaban J connectivity index is 0.00000208. The third-order valence-electron chi connectivity index (χ3n) is 4.01. The first-order valence-electron chi connectivity index (χ1n) is 8.02. The van der Waals surface area contributed by atoms with Crippen molar-refractivity contribution in [3.63, 3.8) is 0 Å². The summed E-state index contributed by atoms with van der Waals surface area (Å²) in [7, 11) is 0. The van der Waals surface area contributed by atoms with Crippen LogP contribution in [-0.4, -0.2) is 15.7 Å². The number of halogens is 1. The molecule has 3 rings (SSSR count). The SMILES string of the molecule is Br.Cc1cccc(OCCn2c(=N)n(C(C)C)c3ccccc32)c1. The second-order valence-corrected chi connectivity index (χ2v) is 6.09. The number of para-hydroxylation sites is 2. The summed E-state index contributed by atoms with van der Waals surface area (Å²) in [6.45, 7) is 7.48. The van der Waals surface area contributed by atoms with E-state index in [0.717, 1.165) is 16.8 Å². The molecule has 0 fully saturated rings. The number of benzene rings is 2. The lowest BCUT2D eigenvalue weighted by atomic mass is 10.2. The number of aryl methyl sites for hydroxylation is 1. The lowest BCUT2D eigenvalue weighted by Gasteiger charge is -2.09. The summed E-state index contributed by atoms with van der Waals surface area (Å²) in [4.78, 5) is 0. The second kappa shape index (κ2) is 7.71. The zero-order valence-electron chi connectivity index (χ0n) is 14.3. The molecule has 0 atom stereocenters. The molecule has 0 saturated carbocycles. The van der Waals surface area contributed by atoms with E-state index >= 15 is 0 Å². The molecule has 0 aliphatic heterocycles. The Kier molecular flexibility index (Phi) is 5.89. The van der Waals surface area contributed by atoms with Crippen molar-refractivity contribution >= 4 is 28.0 Å². The number of rotatable bonds is 5. The number of ether oxygens (including phenoxy) is 1. The molecule has 0 amide bonds. The van der Waals surface area contributed by atoms with Crippen LogP contribution in [0.2, 0.25) is 0 Å². The van der Waals surface area contributed by atoms with Crippen LogP contribution in [0, 0.1) is 12.3 Å². The first-order valence-corrected chi connectivity index (χ1v) is 8.02. The van der Waals surface area contributed by atoms with Crippen molar-refractivity contribution in [1.29, 1.82) is 5.41 Å². The molecule has 0 spiro atoms. The smallest absolute Gasteiger partial charge is 0.203 e. The van der Waals surface area contributed by atoms with Gasteiger partial charge in [0.05, 0.1) is 17.6 Å². The van der Waals surface area contributed by atoms with Gasteiger partial charge in [0.2, 0.25) is 5.62 Å². The highest BCUT2D eigenvalue weighted by Gasteiger charge is 2.12. The zero-order chi connectivity index (χ0) is 16.4. The number of fused-ring (bicyclic) bond motifs is 1. The van der Waals surface area contributed by atoms with Crippen LogP contribution in [0.3, 0.4) is 0 Å².